The molecule has 3 nitrogen and oxygen atoms in total. The van der Waals surface area contributed by atoms with Gasteiger partial charge in [-0.25, -0.2) is 4.79 Å². The van der Waals surface area contributed by atoms with Crippen LogP contribution in [0.15, 0.2) is 6.07 Å². The van der Waals surface area contributed by atoms with Crippen molar-refractivity contribution in [3.8, 4) is 0 Å². The Hall–Kier alpha value is -0.900. The van der Waals surface area contributed by atoms with Crippen LogP contribution in [-0.4, -0.2) is 27.7 Å². The maximum atomic E-state index is 11.0. The molecule has 0 radical (unpaired) electrons. The molecule has 0 aliphatic rings. The van der Waals surface area contributed by atoms with Gasteiger partial charge in [-0.15, -0.1) is 0 Å². The first-order chi connectivity index (χ1) is 8.07. The lowest BCUT2D eigenvalue weighted by atomic mass is 10.2. The fourth-order valence-electron chi connectivity index (χ4n) is 2.05. The van der Waals surface area contributed by atoms with Crippen molar-refractivity contribution in [2.24, 2.45) is 0 Å². The number of aromatic carboxylic acids is 1. The minimum atomic E-state index is -0.827. The number of unbranched alkanes of at least 4 members (excludes halogenated alkanes) is 2. The SMILES string of the molecule is CSCCCCCn1c(C)cc(C(=O)O)c1C. The summed E-state index contributed by atoms with van der Waals surface area (Å²) < 4.78 is 2.11. The van der Waals surface area contributed by atoms with Gasteiger partial charge in [-0.1, -0.05) is 6.42 Å². The molecule has 1 N–H and O–H groups in total. The predicted octanol–water partition coefficient (Wildman–Crippen LogP) is 3.34. The molecule has 4 heteroatoms. The van der Waals surface area contributed by atoms with Gasteiger partial charge in [-0.2, -0.15) is 11.8 Å². The molecule has 0 aromatic carbocycles. The zero-order chi connectivity index (χ0) is 12.8. The molecule has 0 bridgehead atoms. The molecule has 1 rings (SSSR count). The van der Waals surface area contributed by atoms with Gasteiger partial charge in [0.25, 0.3) is 0 Å². The molecule has 0 atom stereocenters. The van der Waals surface area contributed by atoms with E-state index >= 15 is 0 Å². The Bertz CT molecular complexity index is 385. The van der Waals surface area contributed by atoms with Crippen LogP contribution in [-0.2, 0) is 6.54 Å². The van der Waals surface area contributed by atoms with E-state index in [0.717, 1.165) is 24.4 Å². The van der Waals surface area contributed by atoms with Gasteiger partial charge < -0.3 is 9.67 Å². The minimum Gasteiger partial charge on any atom is -0.478 e. The van der Waals surface area contributed by atoms with E-state index < -0.39 is 5.97 Å². The topological polar surface area (TPSA) is 42.2 Å². The summed E-state index contributed by atoms with van der Waals surface area (Å²) in [5, 5.41) is 9.03. The monoisotopic (exact) mass is 255 g/mol. The molecule has 0 aliphatic carbocycles. The van der Waals surface area contributed by atoms with Gasteiger partial charge in [-0.3, -0.25) is 0 Å². The molecule has 1 aromatic heterocycles. The molecule has 0 amide bonds. The zero-order valence-corrected chi connectivity index (χ0v) is 11.6. The highest BCUT2D eigenvalue weighted by Gasteiger charge is 2.13. The zero-order valence-electron chi connectivity index (χ0n) is 10.8. The number of aryl methyl sites for hydroxylation is 1. The van der Waals surface area contributed by atoms with Crippen molar-refractivity contribution >= 4 is 17.7 Å². The van der Waals surface area contributed by atoms with Crippen molar-refractivity contribution in [3.63, 3.8) is 0 Å². The Balaban J connectivity index is 2.56. The van der Waals surface area contributed by atoms with E-state index in [2.05, 4.69) is 10.8 Å². The number of carbonyl (C=O) groups is 1. The second-order valence-corrected chi connectivity index (χ2v) is 5.28. The molecule has 0 spiro atoms. The van der Waals surface area contributed by atoms with Gasteiger partial charge in [0.1, 0.15) is 0 Å². The van der Waals surface area contributed by atoms with Crippen molar-refractivity contribution in [2.75, 3.05) is 12.0 Å². The molecular formula is C13H21NO2S. The van der Waals surface area contributed by atoms with Crippen LogP contribution in [0.1, 0.15) is 41.0 Å². The third-order valence-corrected chi connectivity index (χ3v) is 3.73. The lowest BCUT2D eigenvalue weighted by Gasteiger charge is -2.09. The van der Waals surface area contributed by atoms with Crippen molar-refractivity contribution in [1.82, 2.24) is 4.57 Å². The Morgan fingerprint density at radius 3 is 2.59 bits per heavy atom. The molecule has 1 heterocycles. The standard InChI is InChI=1S/C13H21NO2S/c1-10-9-12(13(15)16)11(2)14(10)7-5-4-6-8-17-3/h9H,4-8H2,1-3H3,(H,15,16). The fraction of sp³-hybridized carbons (Fsp3) is 0.615. The molecule has 0 unspecified atom stereocenters. The summed E-state index contributed by atoms with van der Waals surface area (Å²) in [7, 11) is 0. The number of nitrogens with zero attached hydrogens (tertiary/aromatic N) is 1. The quantitative estimate of drug-likeness (QED) is 0.760. The average molecular weight is 255 g/mol. The van der Waals surface area contributed by atoms with Gasteiger partial charge in [0.15, 0.2) is 0 Å². The van der Waals surface area contributed by atoms with E-state index in [9.17, 15) is 4.79 Å². The fourth-order valence-corrected chi connectivity index (χ4v) is 2.55. The number of hydrogen-bond acceptors (Lipinski definition) is 2. The Labute approximate surface area is 107 Å². The second-order valence-electron chi connectivity index (χ2n) is 4.30. The summed E-state index contributed by atoms with van der Waals surface area (Å²) in [6.45, 7) is 4.79. The van der Waals surface area contributed by atoms with Gasteiger partial charge in [0, 0.05) is 17.9 Å². The van der Waals surface area contributed by atoms with Gasteiger partial charge in [-0.05, 0) is 44.8 Å². The largest absolute Gasteiger partial charge is 0.478 e. The number of rotatable bonds is 7. The highest BCUT2D eigenvalue weighted by molar-refractivity contribution is 7.98. The molecule has 0 saturated carbocycles. The van der Waals surface area contributed by atoms with Crippen LogP contribution in [0.5, 0.6) is 0 Å². The highest BCUT2D eigenvalue weighted by Crippen LogP contribution is 2.16. The summed E-state index contributed by atoms with van der Waals surface area (Å²) >= 11 is 1.88. The first-order valence-corrected chi connectivity index (χ1v) is 7.36. The molecule has 96 valence electrons. The predicted molar refractivity (Wildman–Crippen MR) is 73.1 cm³/mol. The lowest BCUT2D eigenvalue weighted by molar-refractivity contribution is 0.0696. The summed E-state index contributed by atoms with van der Waals surface area (Å²) in [6.07, 6.45) is 5.70. The molecule has 17 heavy (non-hydrogen) atoms. The highest BCUT2D eigenvalue weighted by atomic mass is 32.2. The number of thioether (sulfide) groups is 1. The van der Waals surface area contributed by atoms with E-state index in [4.69, 9.17) is 5.11 Å². The normalized spacial score (nSPS) is 10.8. The Kier molecular flexibility index (Phi) is 5.62. The van der Waals surface area contributed by atoms with E-state index in [1.165, 1.54) is 18.6 Å². The maximum Gasteiger partial charge on any atom is 0.337 e. The van der Waals surface area contributed by atoms with Gasteiger partial charge in [0.2, 0.25) is 0 Å². The smallest absolute Gasteiger partial charge is 0.337 e. The van der Waals surface area contributed by atoms with E-state index in [1.807, 2.05) is 25.6 Å². The molecule has 0 saturated heterocycles. The number of carboxylic acid groups (broad SMARTS) is 1. The number of hydrogen-bond donors (Lipinski definition) is 1. The van der Waals surface area contributed by atoms with Crippen LogP contribution >= 0.6 is 11.8 Å². The van der Waals surface area contributed by atoms with Crippen molar-refractivity contribution in [2.45, 2.75) is 39.7 Å². The van der Waals surface area contributed by atoms with E-state index in [-0.39, 0.29) is 0 Å². The van der Waals surface area contributed by atoms with Gasteiger partial charge >= 0.3 is 5.97 Å². The number of carboxylic acids is 1. The van der Waals surface area contributed by atoms with Crippen LogP contribution < -0.4 is 0 Å². The summed E-state index contributed by atoms with van der Waals surface area (Å²) in [4.78, 5) is 11.0. The van der Waals surface area contributed by atoms with Crippen LogP contribution in [0.25, 0.3) is 0 Å². The van der Waals surface area contributed by atoms with Crippen molar-refractivity contribution < 1.29 is 9.90 Å². The van der Waals surface area contributed by atoms with Crippen LogP contribution in [0, 0.1) is 13.8 Å². The van der Waals surface area contributed by atoms with Gasteiger partial charge in [0.05, 0.1) is 5.56 Å². The summed E-state index contributed by atoms with van der Waals surface area (Å²) in [5.74, 6) is 0.385. The molecule has 1 aromatic rings. The molecular weight excluding hydrogens is 234 g/mol. The number of aromatic nitrogens is 1. The maximum absolute atomic E-state index is 11.0. The van der Waals surface area contributed by atoms with E-state index in [0.29, 0.717) is 5.56 Å². The molecule has 0 aliphatic heterocycles. The van der Waals surface area contributed by atoms with Crippen molar-refractivity contribution in [3.05, 3.63) is 23.0 Å². The Morgan fingerprint density at radius 2 is 2.06 bits per heavy atom. The summed E-state index contributed by atoms with van der Waals surface area (Å²) in [5.41, 5.74) is 2.36. The second kappa shape index (κ2) is 6.74. The Morgan fingerprint density at radius 1 is 1.35 bits per heavy atom. The van der Waals surface area contributed by atoms with Crippen LogP contribution in [0.3, 0.4) is 0 Å². The lowest BCUT2D eigenvalue weighted by Crippen LogP contribution is -2.05. The van der Waals surface area contributed by atoms with Crippen LogP contribution in [0.2, 0.25) is 0 Å². The van der Waals surface area contributed by atoms with Crippen molar-refractivity contribution in [1.29, 1.82) is 0 Å². The third-order valence-electron chi connectivity index (χ3n) is 3.03. The minimum absolute atomic E-state index is 0.437. The summed E-state index contributed by atoms with van der Waals surface area (Å²) in [6, 6.07) is 1.76. The average Bonchev–Trinajstić information content (AvgIpc) is 2.56. The van der Waals surface area contributed by atoms with E-state index in [1.54, 1.807) is 6.07 Å². The third kappa shape index (κ3) is 3.80. The van der Waals surface area contributed by atoms with Crippen LogP contribution in [0.4, 0.5) is 0 Å². The first kappa shape index (κ1) is 14.2. The first-order valence-electron chi connectivity index (χ1n) is 5.97. The molecule has 0 fully saturated rings.